The van der Waals surface area contributed by atoms with Gasteiger partial charge in [-0.15, -0.1) is 0 Å². The lowest BCUT2D eigenvalue weighted by Crippen LogP contribution is -1.98. The Kier molecular flexibility index (Phi) is 5.44. The van der Waals surface area contributed by atoms with Gasteiger partial charge in [-0.1, -0.05) is 35.9 Å². The lowest BCUT2D eigenvalue weighted by atomic mass is 10.1. The molecule has 4 rings (SSSR count). The largest absolute Gasteiger partial charge is 0.493 e. The number of carbonyl (C=O) groups excluding carboxylic acids is 1. The second kappa shape index (κ2) is 8.33. The van der Waals surface area contributed by atoms with E-state index < -0.39 is 0 Å². The van der Waals surface area contributed by atoms with Gasteiger partial charge >= 0.3 is 0 Å². The van der Waals surface area contributed by atoms with Crippen molar-refractivity contribution in [1.82, 2.24) is 0 Å². The average Bonchev–Trinajstić information content (AvgIpc) is 3.07. The highest BCUT2D eigenvalue weighted by molar-refractivity contribution is 6.14. The Balaban J connectivity index is 1.51. The van der Waals surface area contributed by atoms with Gasteiger partial charge in [0, 0.05) is 6.07 Å². The Hall–Kier alpha value is -3.73. The summed E-state index contributed by atoms with van der Waals surface area (Å²) in [7, 11) is 3.15. The van der Waals surface area contributed by atoms with E-state index in [0.29, 0.717) is 35.2 Å². The van der Waals surface area contributed by atoms with Crippen LogP contribution in [0, 0.1) is 6.92 Å². The highest BCUT2D eigenvalue weighted by Gasteiger charge is 2.27. The molecule has 0 bridgehead atoms. The van der Waals surface area contributed by atoms with Gasteiger partial charge in [-0.05, 0) is 48.4 Å². The quantitative estimate of drug-likeness (QED) is 0.530. The summed E-state index contributed by atoms with van der Waals surface area (Å²) < 4.78 is 22.2. The fourth-order valence-corrected chi connectivity index (χ4v) is 3.20. The first-order valence-corrected chi connectivity index (χ1v) is 9.56. The second-order valence-electron chi connectivity index (χ2n) is 6.99. The van der Waals surface area contributed by atoms with Gasteiger partial charge in [0.15, 0.2) is 17.3 Å². The smallest absolute Gasteiger partial charge is 0.231 e. The molecule has 0 N–H and O–H groups in total. The predicted octanol–water partition coefficient (Wildman–Crippen LogP) is 5.21. The average molecular weight is 402 g/mol. The molecule has 0 aromatic heterocycles. The Morgan fingerprint density at radius 2 is 1.67 bits per heavy atom. The van der Waals surface area contributed by atoms with E-state index in [-0.39, 0.29) is 11.5 Å². The van der Waals surface area contributed by atoms with Gasteiger partial charge in [-0.3, -0.25) is 4.79 Å². The summed E-state index contributed by atoms with van der Waals surface area (Å²) in [5.74, 6) is 2.44. The molecule has 152 valence electrons. The molecule has 0 saturated carbocycles. The van der Waals surface area contributed by atoms with Crippen LogP contribution in [0.15, 0.2) is 66.4 Å². The third-order valence-corrected chi connectivity index (χ3v) is 4.87. The van der Waals surface area contributed by atoms with Gasteiger partial charge in [0.1, 0.15) is 18.1 Å². The van der Waals surface area contributed by atoms with Crippen molar-refractivity contribution in [3.63, 3.8) is 0 Å². The number of rotatable bonds is 6. The highest BCUT2D eigenvalue weighted by atomic mass is 16.5. The van der Waals surface area contributed by atoms with Crippen molar-refractivity contribution in [3.8, 4) is 23.0 Å². The van der Waals surface area contributed by atoms with Crippen LogP contribution in [0.25, 0.3) is 6.08 Å². The van der Waals surface area contributed by atoms with Gasteiger partial charge in [-0.2, -0.15) is 0 Å². The summed E-state index contributed by atoms with van der Waals surface area (Å²) in [5.41, 5.74) is 3.58. The summed E-state index contributed by atoms with van der Waals surface area (Å²) in [6, 6.07) is 18.9. The molecule has 0 amide bonds. The Morgan fingerprint density at radius 3 is 2.40 bits per heavy atom. The van der Waals surface area contributed by atoms with Gasteiger partial charge in [0.2, 0.25) is 5.78 Å². The van der Waals surface area contributed by atoms with E-state index in [9.17, 15) is 4.79 Å². The molecule has 0 fully saturated rings. The number of allylic oxidation sites excluding steroid dienone is 1. The molecule has 30 heavy (non-hydrogen) atoms. The monoisotopic (exact) mass is 402 g/mol. The summed E-state index contributed by atoms with van der Waals surface area (Å²) in [4.78, 5) is 12.7. The zero-order valence-electron chi connectivity index (χ0n) is 17.1. The summed E-state index contributed by atoms with van der Waals surface area (Å²) >= 11 is 0. The first kappa shape index (κ1) is 19.6. The van der Waals surface area contributed by atoms with Gasteiger partial charge in [-0.25, -0.2) is 0 Å². The number of hydrogen-bond donors (Lipinski definition) is 0. The molecular weight excluding hydrogens is 380 g/mol. The van der Waals surface area contributed by atoms with Crippen molar-refractivity contribution in [2.24, 2.45) is 0 Å². The molecular formula is C25H22O5. The molecule has 0 radical (unpaired) electrons. The number of aryl methyl sites for hydroxylation is 1. The molecule has 1 heterocycles. The standard InChI is InChI=1S/C25H22O5/c1-16-4-6-17(7-5-16)15-29-19-9-10-20-22(14-19)30-24(25(20)26)13-18-8-11-21(27-2)23(12-18)28-3/h4-14H,15H2,1-3H3/b24-13-. The van der Waals surface area contributed by atoms with Crippen LogP contribution in [0.3, 0.4) is 0 Å². The van der Waals surface area contributed by atoms with Crippen LogP contribution >= 0.6 is 0 Å². The van der Waals surface area contributed by atoms with Gasteiger partial charge in [0.05, 0.1) is 19.8 Å². The van der Waals surface area contributed by atoms with Crippen molar-refractivity contribution in [2.45, 2.75) is 13.5 Å². The molecule has 1 aliphatic heterocycles. The minimum absolute atomic E-state index is 0.162. The maximum absolute atomic E-state index is 12.7. The summed E-state index contributed by atoms with van der Waals surface area (Å²) in [6.45, 7) is 2.49. The van der Waals surface area contributed by atoms with Crippen LogP contribution in [-0.2, 0) is 6.61 Å². The molecule has 0 unspecified atom stereocenters. The van der Waals surface area contributed by atoms with Crippen molar-refractivity contribution in [2.75, 3.05) is 14.2 Å². The summed E-state index contributed by atoms with van der Waals surface area (Å²) in [5, 5.41) is 0. The number of benzene rings is 3. The number of hydrogen-bond acceptors (Lipinski definition) is 5. The first-order chi connectivity index (χ1) is 14.6. The molecule has 0 saturated heterocycles. The molecule has 0 spiro atoms. The Morgan fingerprint density at radius 1 is 0.900 bits per heavy atom. The minimum atomic E-state index is -0.162. The van der Waals surface area contributed by atoms with E-state index in [1.165, 1.54) is 5.56 Å². The third-order valence-electron chi connectivity index (χ3n) is 4.87. The van der Waals surface area contributed by atoms with Crippen molar-refractivity contribution < 1.29 is 23.7 Å². The van der Waals surface area contributed by atoms with Crippen LogP contribution in [0.5, 0.6) is 23.0 Å². The Bertz CT molecular complexity index is 1110. The number of fused-ring (bicyclic) bond motifs is 1. The topological polar surface area (TPSA) is 54.0 Å². The maximum atomic E-state index is 12.7. The zero-order chi connectivity index (χ0) is 21.1. The number of ether oxygens (including phenoxy) is 4. The number of methoxy groups -OCH3 is 2. The van der Waals surface area contributed by atoms with Crippen molar-refractivity contribution in [1.29, 1.82) is 0 Å². The Labute approximate surface area is 175 Å². The van der Waals surface area contributed by atoms with Crippen molar-refractivity contribution >= 4 is 11.9 Å². The zero-order valence-corrected chi connectivity index (χ0v) is 17.1. The molecule has 5 heteroatoms. The second-order valence-corrected chi connectivity index (χ2v) is 6.99. The lowest BCUT2D eigenvalue weighted by molar-refractivity contribution is 0.101. The lowest BCUT2D eigenvalue weighted by Gasteiger charge is -2.08. The maximum Gasteiger partial charge on any atom is 0.231 e. The molecule has 5 nitrogen and oxygen atoms in total. The predicted molar refractivity (Wildman–Crippen MR) is 114 cm³/mol. The van der Waals surface area contributed by atoms with Crippen LogP contribution in [-0.4, -0.2) is 20.0 Å². The fourth-order valence-electron chi connectivity index (χ4n) is 3.20. The molecule has 3 aromatic rings. The third kappa shape index (κ3) is 4.01. The van der Waals surface area contributed by atoms with E-state index in [0.717, 1.165) is 11.1 Å². The van der Waals surface area contributed by atoms with E-state index >= 15 is 0 Å². The molecule has 0 atom stereocenters. The van der Waals surface area contributed by atoms with E-state index in [1.54, 1.807) is 50.6 Å². The SMILES string of the molecule is COc1ccc(/C=C2\Oc3cc(OCc4ccc(C)cc4)ccc3C2=O)cc1OC. The number of carbonyl (C=O) groups is 1. The van der Waals surface area contributed by atoms with Crippen molar-refractivity contribution in [3.05, 3.63) is 88.7 Å². The van der Waals surface area contributed by atoms with Gasteiger partial charge in [0.25, 0.3) is 0 Å². The summed E-state index contributed by atoms with van der Waals surface area (Å²) in [6.07, 6.45) is 1.69. The first-order valence-electron chi connectivity index (χ1n) is 9.56. The number of ketones is 1. The van der Waals surface area contributed by atoms with E-state index in [4.69, 9.17) is 18.9 Å². The molecule has 0 aliphatic carbocycles. The normalized spacial score (nSPS) is 13.7. The highest BCUT2D eigenvalue weighted by Crippen LogP contribution is 2.36. The molecule has 1 aliphatic rings. The van der Waals surface area contributed by atoms with Crippen LogP contribution in [0.2, 0.25) is 0 Å². The van der Waals surface area contributed by atoms with E-state index in [2.05, 4.69) is 0 Å². The van der Waals surface area contributed by atoms with Crippen LogP contribution < -0.4 is 18.9 Å². The molecule has 3 aromatic carbocycles. The van der Waals surface area contributed by atoms with Gasteiger partial charge < -0.3 is 18.9 Å². The number of Topliss-reactive ketones (excluding diaryl/α,β-unsaturated/α-hetero) is 1. The minimum Gasteiger partial charge on any atom is -0.493 e. The van der Waals surface area contributed by atoms with Crippen LogP contribution in [0.4, 0.5) is 0 Å². The fraction of sp³-hybridized carbons (Fsp3) is 0.160. The van der Waals surface area contributed by atoms with Crippen LogP contribution in [0.1, 0.15) is 27.0 Å². The van der Waals surface area contributed by atoms with E-state index in [1.807, 2.05) is 37.3 Å².